The minimum Gasteiger partial charge on any atom is -1.00 e. The van der Waals surface area contributed by atoms with Gasteiger partial charge in [0.2, 0.25) is 10.0 Å². The molecule has 0 saturated heterocycles. The van der Waals surface area contributed by atoms with Crippen molar-refractivity contribution >= 4 is 27.6 Å². The fourth-order valence-corrected chi connectivity index (χ4v) is 4.83. The quantitative estimate of drug-likeness (QED) is 0.475. The van der Waals surface area contributed by atoms with Crippen molar-refractivity contribution in [3.05, 3.63) is 41.4 Å². The molecule has 0 spiro atoms. The Labute approximate surface area is 184 Å². The van der Waals surface area contributed by atoms with Crippen molar-refractivity contribution in [3.8, 4) is 0 Å². The number of hydrogen-bond donors (Lipinski definition) is 2. The minimum atomic E-state index is -3.59. The maximum Gasteiger partial charge on any atom is 1.00 e. The summed E-state index contributed by atoms with van der Waals surface area (Å²) < 4.78 is 28.3. The first-order chi connectivity index (χ1) is 11.8. The average molecular weight is 410 g/mol. The van der Waals surface area contributed by atoms with E-state index in [9.17, 15) is 13.2 Å². The molecular formula is C18H25ClNNaO4S. The zero-order chi connectivity index (χ0) is 18.3. The monoisotopic (exact) mass is 409 g/mol. The Bertz CT molecular complexity index is 719. The average Bonchev–Trinajstić information content (AvgIpc) is 2.99. The Hall–Kier alpha value is -0.370. The topological polar surface area (TPSA) is 83.5 Å². The first kappa shape index (κ1) is 23.7. The minimum absolute atomic E-state index is 0. The van der Waals surface area contributed by atoms with E-state index in [4.69, 9.17) is 16.7 Å². The summed E-state index contributed by atoms with van der Waals surface area (Å²) in [6, 6.07) is 6.17. The Morgan fingerprint density at radius 1 is 1.19 bits per heavy atom. The molecule has 2 N–H and O–H groups in total. The van der Waals surface area contributed by atoms with Gasteiger partial charge in [-0.15, -0.1) is 0 Å². The van der Waals surface area contributed by atoms with E-state index in [2.05, 4.69) is 4.72 Å². The number of halogens is 1. The standard InChI is InChI=1S/C18H24ClNO4S.Na.H/c19-15-8-10-16(11-9-15)25(23,24)20-18(13-5-6-14-18)12-4-2-1-3-7-17(21)22;;/h1-2,8-11,20H,3-7,12-14H2,(H,21,22);;/q;+1;-1/b2-1-;;. The van der Waals surface area contributed by atoms with Crippen LogP contribution < -0.4 is 34.3 Å². The van der Waals surface area contributed by atoms with Crippen LogP contribution in [0.15, 0.2) is 41.3 Å². The molecule has 0 atom stereocenters. The van der Waals surface area contributed by atoms with E-state index < -0.39 is 21.5 Å². The van der Waals surface area contributed by atoms with Crippen molar-refractivity contribution in [1.82, 2.24) is 4.72 Å². The Kier molecular flexibility index (Phi) is 9.86. The van der Waals surface area contributed by atoms with Crippen molar-refractivity contribution in [2.75, 3.05) is 0 Å². The summed E-state index contributed by atoms with van der Waals surface area (Å²) >= 11 is 5.83. The van der Waals surface area contributed by atoms with Crippen LogP contribution in [-0.2, 0) is 14.8 Å². The number of carbonyl (C=O) groups is 1. The molecule has 0 aromatic heterocycles. The van der Waals surface area contributed by atoms with Crippen molar-refractivity contribution in [1.29, 1.82) is 0 Å². The third-order valence-corrected chi connectivity index (χ3v) is 6.36. The summed E-state index contributed by atoms with van der Waals surface area (Å²) in [5.41, 5.74) is -0.421. The van der Waals surface area contributed by atoms with Crippen molar-refractivity contribution in [3.63, 3.8) is 0 Å². The normalized spacial score (nSPS) is 16.5. The van der Waals surface area contributed by atoms with Gasteiger partial charge in [-0.05, 0) is 56.4 Å². The molecule has 1 fully saturated rings. The number of rotatable bonds is 9. The van der Waals surface area contributed by atoms with Gasteiger partial charge in [-0.2, -0.15) is 0 Å². The summed E-state index contributed by atoms with van der Waals surface area (Å²) in [5, 5.41) is 9.12. The molecule has 2 rings (SSSR count). The van der Waals surface area contributed by atoms with Gasteiger partial charge in [0.1, 0.15) is 0 Å². The number of benzene rings is 1. The summed E-state index contributed by atoms with van der Waals surface area (Å²) in [5.74, 6) is -0.812. The molecular weight excluding hydrogens is 385 g/mol. The van der Waals surface area contributed by atoms with Gasteiger partial charge in [-0.25, -0.2) is 13.1 Å². The van der Waals surface area contributed by atoms with Crippen molar-refractivity contribution in [2.24, 2.45) is 0 Å². The van der Waals surface area contributed by atoms with Crippen LogP contribution in [0.3, 0.4) is 0 Å². The molecule has 1 saturated carbocycles. The van der Waals surface area contributed by atoms with Gasteiger partial charge >= 0.3 is 35.5 Å². The molecule has 1 aliphatic rings. The van der Waals surface area contributed by atoms with Crippen LogP contribution >= 0.6 is 11.6 Å². The van der Waals surface area contributed by atoms with Crippen LogP contribution in [-0.4, -0.2) is 25.0 Å². The predicted molar refractivity (Wildman–Crippen MR) is 99.3 cm³/mol. The van der Waals surface area contributed by atoms with Gasteiger partial charge in [-0.3, -0.25) is 4.79 Å². The first-order valence-corrected chi connectivity index (χ1v) is 10.4. The zero-order valence-electron chi connectivity index (χ0n) is 16.1. The molecule has 0 unspecified atom stereocenters. The molecule has 0 heterocycles. The molecule has 0 bridgehead atoms. The zero-order valence-corrected chi connectivity index (χ0v) is 18.7. The SMILES string of the molecule is O=C(O)CC/C=C\CCC1(NS(=O)(=O)c2ccc(Cl)cc2)CCCC1.[H-].[Na+]. The van der Waals surface area contributed by atoms with E-state index in [0.29, 0.717) is 17.9 Å². The Morgan fingerprint density at radius 2 is 1.77 bits per heavy atom. The number of aliphatic carboxylic acids is 1. The van der Waals surface area contributed by atoms with E-state index >= 15 is 0 Å². The van der Waals surface area contributed by atoms with E-state index in [1.165, 1.54) is 12.1 Å². The summed E-state index contributed by atoms with van der Waals surface area (Å²) in [6.45, 7) is 0. The molecule has 1 aromatic rings. The van der Waals surface area contributed by atoms with Crippen LogP contribution in [0.5, 0.6) is 0 Å². The third-order valence-electron chi connectivity index (χ3n) is 4.52. The summed E-state index contributed by atoms with van der Waals surface area (Å²) in [4.78, 5) is 10.7. The number of sulfonamides is 1. The molecule has 0 radical (unpaired) electrons. The molecule has 0 amide bonds. The number of nitrogens with one attached hydrogen (secondary N) is 1. The fraction of sp³-hybridized carbons (Fsp3) is 0.500. The number of hydrogen-bond acceptors (Lipinski definition) is 3. The number of carboxylic acids is 1. The molecule has 0 aliphatic heterocycles. The van der Waals surface area contributed by atoms with Gasteiger partial charge in [0.15, 0.2) is 0 Å². The largest absolute Gasteiger partial charge is 1.00 e. The van der Waals surface area contributed by atoms with Crippen LogP contribution in [0, 0.1) is 0 Å². The molecule has 1 aromatic carbocycles. The van der Waals surface area contributed by atoms with Crippen molar-refractivity contribution in [2.45, 2.75) is 61.8 Å². The molecule has 8 heteroatoms. The Morgan fingerprint density at radius 3 is 2.35 bits per heavy atom. The van der Waals surface area contributed by atoms with Gasteiger partial charge in [0, 0.05) is 17.0 Å². The molecule has 26 heavy (non-hydrogen) atoms. The van der Waals surface area contributed by atoms with Gasteiger partial charge in [0.25, 0.3) is 0 Å². The number of allylic oxidation sites excluding steroid dienone is 2. The van der Waals surface area contributed by atoms with E-state index in [-0.39, 0.29) is 42.3 Å². The second-order valence-corrected chi connectivity index (χ2v) is 8.61. The van der Waals surface area contributed by atoms with Crippen LogP contribution in [0.1, 0.15) is 52.8 Å². The predicted octanol–water partition coefficient (Wildman–Crippen LogP) is 1.25. The fourth-order valence-electron chi connectivity index (χ4n) is 3.21. The second-order valence-electron chi connectivity index (χ2n) is 6.49. The molecule has 140 valence electrons. The first-order valence-electron chi connectivity index (χ1n) is 8.49. The van der Waals surface area contributed by atoms with E-state index in [1.54, 1.807) is 12.1 Å². The smallest absolute Gasteiger partial charge is 1.00 e. The summed E-state index contributed by atoms with van der Waals surface area (Å²) in [6.07, 6.45) is 9.50. The van der Waals surface area contributed by atoms with Crippen LogP contribution in [0.4, 0.5) is 0 Å². The van der Waals surface area contributed by atoms with Gasteiger partial charge in [0.05, 0.1) is 4.90 Å². The number of carboxylic acid groups (broad SMARTS) is 1. The van der Waals surface area contributed by atoms with Crippen LogP contribution in [0.25, 0.3) is 0 Å². The van der Waals surface area contributed by atoms with Crippen LogP contribution in [0.2, 0.25) is 5.02 Å². The molecule has 1 aliphatic carbocycles. The Balaban J connectivity index is 0.00000338. The third kappa shape index (κ3) is 7.33. The van der Waals surface area contributed by atoms with Crippen molar-refractivity contribution < 1.29 is 49.3 Å². The second kappa shape index (κ2) is 10.8. The maximum atomic E-state index is 12.7. The van der Waals surface area contributed by atoms with Gasteiger partial charge < -0.3 is 6.53 Å². The maximum absolute atomic E-state index is 12.7. The van der Waals surface area contributed by atoms with E-state index in [1.807, 2.05) is 12.2 Å². The molecule has 5 nitrogen and oxygen atoms in total. The summed E-state index contributed by atoms with van der Waals surface area (Å²) in [7, 11) is -3.59. The van der Waals surface area contributed by atoms with Gasteiger partial charge in [-0.1, -0.05) is 36.6 Å². The van der Waals surface area contributed by atoms with E-state index in [0.717, 1.165) is 32.1 Å².